The highest BCUT2D eigenvalue weighted by Gasteiger charge is 2.28. The van der Waals surface area contributed by atoms with Gasteiger partial charge in [-0.1, -0.05) is 12.1 Å². The van der Waals surface area contributed by atoms with Crippen LogP contribution in [0.1, 0.15) is 45.2 Å². The molecule has 1 aliphatic rings. The van der Waals surface area contributed by atoms with Crippen molar-refractivity contribution in [1.82, 2.24) is 14.6 Å². The zero-order valence-corrected chi connectivity index (χ0v) is 16.7. The average molecular weight is 397 g/mol. The Kier molecular flexibility index (Phi) is 4.86. The maximum Gasteiger partial charge on any atom is 0.413 e. The second-order valence-corrected chi connectivity index (χ2v) is 8.14. The quantitative estimate of drug-likeness (QED) is 0.702. The summed E-state index contributed by atoms with van der Waals surface area (Å²) in [4.78, 5) is 18.6. The minimum Gasteiger partial charge on any atom is -0.444 e. The van der Waals surface area contributed by atoms with Crippen LogP contribution < -0.4 is 10.2 Å². The Morgan fingerprint density at radius 2 is 2.10 bits per heavy atom. The first-order chi connectivity index (χ1) is 13.8. The van der Waals surface area contributed by atoms with Gasteiger partial charge in [0.2, 0.25) is 0 Å². The summed E-state index contributed by atoms with van der Waals surface area (Å²) in [5, 5.41) is 7.38. The van der Waals surface area contributed by atoms with Crippen molar-refractivity contribution in [3.05, 3.63) is 54.0 Å². The van der Waals surface area contributed by atoms with Crippen molar-refractivity contribution in [2.75, 3.05) is 16.8 Å². The SMILES string of the molecule is CC(C)(C)OC(=O)Nc1cnc2ccc(N3CCCC3c3cccc(F)c3)nn12. The van der Waals surface area contributed by atoms with Crippen LogP contribution in [-0.2, 0) is 4.74 Å². The third kappa shape index (κ3) is 4.16. The van der Waals surface area contributed by atoms with Gasteiger partial charge in [-0.3, -0.25) is 5.32 Å². The highest BCUT2D eigenvalue weighted by atomic mass is 19.1. The number of rotatable bonds is 3. The first kappa shape index (κ1) is 19.2. The van der Waals surface area contributed by atoms with Crippen LogP contribution in [0.2, 0.25) is 0 Å². The van der Waals surface area contributed by atoms with Gasteiger partial charge in [-0.25, -0.2) is 14.2 Å². The molecule has 4 rings (SSSR count). The molecule has 1 aliphatic heterocycles. The molecular weight excluding hydrogens is 373 g/mol. The molecule has 1 aromatic carbocycles. The first-order valence-electron chi connectivity index (χ1n) is 9.67. The number of nitrogens with one attached hydrogen (secondary N) is 1. The number of carbonyl (C=O) groups excluding carboxylic acids is 1. The van der Waals surface area contributed by atoms with E-state index in [1.807, 2.05) is 18.2 Å². The molecule has 0 spiro atoms. The molecule has 1 atom stereocenters. The number of nitrogens with zero attached hydrogens (tertiary/aromatic N) is 4. The Hall–Kier alpha value is -3.16. The predicted molar refractivity (Wildman–Crippen MR) is 109 cm³/mol. The lowest BCUT2D eigenvalue weighted by Crippen LogP contribution is -2.28. The van der Waals surface area contributed by atoms with Crippen LogP contribution >= 0.6 is 0 Å². The lowest BCUT2D eigenvalue weighted by molar-refractivity contribution is 0.0635. The van der Waals surface area contributed by atoms with Gasteiger partial charge in [0.05, 0.1) is 12.2 Å². The van der Waals surface area contributed by atoms with Crippen LogP contribution in [0, 0.1) is 5.82 Å². The molecule has 0 saturated carbocycles. The number of halogens is 1. The van der Waals surface area contributed by atoms with E-state index in [-0.39, 0.29) is 11.9 Å². The summed E-state index contributed by atoms with van der Waals surface area (Å²) >= 11 is 0. The molecule has 1 amide bonds. The highest BCUT2D eigenvalue weighted by molar-refractivity contribution is 5.84. The van der Waals surface area contributed by atoms with Crippen molar-refractivity contribution in [2.24, 2.45) is 0 Å². The van der Waals surface area contributed by atoms with Gasteiger partial charge >= 0.3 is 6.09 Å². The molecule has 3 heterocycles. The van der Waals surface area contributed by atoms with Crippen LogP contribution in [0.25, 0.3) is 5.65 Å². The van der Waals surface area contributed by atoms with Gasteiger partial charge in [-0.2, -0.15) is 4.52 Å². The van der Waals surface area contributed by atoms with Crippen molar-refractivity contribution < 1.29 is 13.9 Å². The summed E-state index contributed by atoms with van der Waals surface area (Å²) in [6.45, 7) is 6.23. The van der Waals surface area contributed by atoms with Gasteiger partial charge in [0.25, 0.3) is 0 Å². The lowest BCUT2D eigenvalue weighted by atomic mass is 10.0. The van der Waals surface area contributed by atoms with Crippen molar-refractivity contribution in [3.63, 3.8) is 0 Å². The third-order valence-electron chi connectivity index (χ3n) is 4.76. The normalized spacial score (nSPS) is 17.0. The molecule has 1 saturated heterocycles. The molecule has 1 unspecified atom stereocenters. The monoisotopic (exact) mass is 397 g/mol. The summed E-state index contributed by atoms with van der Waals surface area (Å²) < 4.78 is 20.6. The number of benzene rings is 1. The second kappa shape index (κ2) is 7.35. The van der Waals surface area contributed by atoms with Gasteiger partial charge < -0.3 is 9.64 Å². The predicted octanol–water partition coefficient (Wildman–Crippen LogP) is 4.56. The summed E-state index contributed by atoms with van der Waals surface area (Å²) in [6, 6.07) is 10.5. The molecule has 152 valence electrons. The maximum absolute atomic E-state index is 13.7. The molecule has 29 heavy (non-hydrogen) atoms. The Bertz CT molecular complexity index is 1040. The van der Waals surface area contributed by atoms with Crippen LogP contribution in [0.4, 0.5) is 20.8 Å². The maximum atomic E-state index is 13.7. The molecule has 3 aromatic rings. The van der Waals surface area contributed by atoms with E-state index in [4.69, 9.17) is 4.74 Å². The minimum atomic E-state index is -0.600. The topological polar surface area (TPSA) is 71.8 Å². The molecule has 1 fully saturated rings. The number of hydrogen-bond donors (Lipinski definition) is 1. The van der Waals surface area contributed by atoms with E-state index in [1.165, 1.54) is 6.07 Å². The number of fused-ring (bicyclic) bond motifs is 1. The zero-order chi connectivity index (χ0) is 20.6. The van der Waals surface area contributed by atoms with Crippen molar-refractivity contribution in [2.45, 2.75) is 45.3 Å². The summed E-state index contributed by atoms with van der Waals surface area (Å²) in [6.07, 6.45) is 2.90. The fraction of sp³-hybridized carbons (Fsp3) is 0.381. The van der Waals surface area contributed by atoms with E-state index in [9.17, 15) is 9.18 Å². The number of imidazole rings is 1. The lowest BCUT2D eigenvalue weighted by Gasteiger charge is -2.26. The number of amides is 1. The number of aromatic nitrogens is 3. The number of ether oxygens (including phenoxy) is 1. The number of hydrogen-bond acceptors (Lipinski definition) is 5. The third-order valence-corrected chi connectivity index (χ3v) is 4.76. The largest absolute Gasteiger partial charge is 0.444 e. The molecule has 2 aromatic heterocycles. The van der Waals surface area contributed by atoms with Crippen LogP contribution in [0.3, 0.4) is 0 Å². The zero-order valence-electron chi connectivity index (χ0n) is 16.7. The van der Waals surface area contributed by atoms with Crippen LogP contribution in [-0.4, -0.2) is 32.8 Å². The smallest absolute Gasteiger partial charge is 0.413 e. The molecule has 0 radical (unpaired) electrons. The van der Waals surface area contributed by atoms with Gasteiger partial charge in [0.1, 0.15) is 17.2 Å². The Labute approximate surface area is 168 Å². The molecule has 7 nitrogen and oxygen atoms in total. The Balaban J connectivity index is 1.62. The number of anilines is 2. The standard InChI is InChI=1S/C21H24FN5O2/c1-21(2,3)29-20(28)24-19-13-23-17-9-10-18(25-27(17)19)26-11-5-8-16(26)14-6-4-7-15(22)12-14/h4,6-7,9-10,12-13,16H,5,8,11H2,1-3H3,(H,24,28). The van der Waals surface area contributed by atoms with Crippen LogP contribution in [0.5, 0.6) is 0 Å². The molecule has 1 N–H and O–H groups in total. The van der Waals surface area contributed by atoms with Gasteiger partial charge in [-0.05, 0) is 63.4 Å². The van der Waals surface area contributed by atoms with E-state index in [0.29, 0.717) is 11.5 Å². The summed E-state index contributed by atoms with van der Waals surface area (Å²) in [5.41, 5.74) is 0.945. The van der Waals surface area contributed by atoms with Gasteiger partial charge in [-0.15, -0.1) is 5.10 Å². The van der Waals surface area contributed by atoms with Gasteiger partial charge in [0, 0.05) is 6.54 Å². The van der Waals surface area contributed by atoms with Gasteiger partial charge in [0.15, 0.2) is 11.5 Å². The minimum absolute atomic E-state index is 0.0569. The summed E-state index contributed by atoms with van der Waals surface area (Å²) in [7, 11) is 0. The van der Waals surface area contributed by atoms with Crippen molar-refractivity contribution >= 4 is 23.4 Å². The first-order valence-corrected chi connectivity index (χ1v) is 9.67. The average Bonchev–Trinajstić information content (AvgIpc) is 3.27. The van der Waals surface area contributed by atoms with Crippen molar-refractivity contribution in [1.29, 1.82) is 0 Å². The highest BCUT2D eigenvalue weighted by Crippen LogP contribution is 2.35. The fourth-order valence-corrected chi connectivity index (χ4v) is 3.61. The molecule has 8 heteroatoms. The number of carbonyl (C=O) groups is 1. The Morgan fingerprint density at radius 3 is 2.86 bits per heavy atom. The van der Waals surface area contributed by atoms with E-state index < -0.39 is 11.7 Å². The molecule has 0 bridgehead atoms. The fourth-order valence-electron chi connectivity index (χ4n) is 3.61. The van der Waals surface area contributed by atoms with Crippen LogP contribution in [0.15, 0.2) is 42.6 Å². The summed E-state index contributed by atoms with van der Waals surface area (Å²) in [5.74, 6) is 0.934. The second-order valence-electron chi connectivity index (χ2n) is 8.14. The Morgan fingerprint density at radius 1 is 1.28 bits per heavy atom. The van der Waals surface area contributed by atoms with Crippen molar-refractivity contribution in [3.8, 4) is 0 Å². The van der Waals surface area contributed by atoms with E-state index in [1.54, 1.807) is 43.6 Å². The van der Waals surface area contributed by atoms with E-state index in [0.717, 1.165) is 30.8 Å². The molecule has 0 aliphatic carbocycles. The van der Waals surface area contributed by atoms with E-state index >= 15 is 0 Å². The molecular formula is C21H24FN5O2. The van der Waals surface area contributed by atoms with E-state index in [2.05, 4.69) is 20.3 Å².